The number of nitrogens with one attached hydrogen (secondary N) is 1. The molecule has 1 aromatic rings. The Morgan fingerprint density at radius 2 is 1.94 bits per heavy atom. The van der Waals surface area contributed by atoms with E-state index in [9.17, 15) is 0 Å². The Balaban J connectivity index is 2.91. The predicted octanol–water partition coefficient (Wildman–Crippen LogP) is 5.08. The Hall–Kier alpha value is -0.240. The van der Waals surface area contributed by atoms with E-state index in [2.05, 4.69) is 26.1 Å². The van der Waals surface area contributed by atoms with E-state index in [0.717, 1.165) is 28.6 Å². The highest BCUT2D eigenvalue weighted by Crippen LogP contribution is 2.30. The fourth-order valence-electron chi connectivity index (χ4n) is 1.92. The van der Waals surface area contributed by atoms with Crippen LogP contribution in [0.15, 0.2) is 18.2 Å². The molecule has 3 heteroatoms. The molecule has 1 nitrogen and oxygen atoms in total. The largest absolute Gasteiger partial charge is 0.310 e. The van der Waals surface area contributed by atoms with Crippen molar-refractivity contribution < 1.29 is 0 Å². The molecule has 0 amide bonds. The summed E-state index contributed by atoms with van der Waals surface area (Å²) >= 11 is 12.3. The average molecular weight is 274 g/mol. The van der Waals surface area contributed by atoms with E-state index in [1.807, 2.05) is 18.2 Å². The Morgan fingerprint density at radius 1 is 1.24 bits per heavy atom. The van der Waals surface area contributed by atoms with E-state index in [-0.39, 0.29) is 0 Å². The Morgan fingerprint density at radius 3 is 2.53 bits per heavy atom. The minimum atomic E-state index is 0.293. The van der Waals surface area contributed by atoms with Crippen LogP contribution < -0.4 is 5.32 Å². The van der Waals surface area contributed by atoms with Gasteiger partial charge in [0.05, 0.1) is 0 Å². The lowest BCUT2D eigenvalue weighted by molar-refractivity contribution is 0.408. The zero-order valence-electron chi connectivity index (χ0n) is 10.8. The highest BCUT2D eigenvalue weighted by atomic mass is 35.5. The highest BCUT2D eigenvalue weighted by molar-refractivity contribution is 6.33. The Bertz CT molecular complexity index is 352. The molecule has 0 aliphatic heterocycles. The van der Waals surface area contributed by atoms with Gasteiger partial charge in [0.1, 0.15) is 0 Å². The van der Waals surface area contributed by atoms with Gasteiger partial charge < -0.3 is 5.32 Å². The van der Waals surface area contributed by atoms with Gasteiger partial charge in [-0.1, -0.05) is 50.4 Å². The smallest absolute Gasteiger partial charge is 0.0454 e. The normalized spacial score (nSPS) is 14.6. The molecule has 0 saturated carbocycles. The summed E-state index contributed by atoms with van der Waals surface area (Å²) in [5.41, 5.74) is 1.11. The van der Waals surface area contributed by atoms with Crippen LogP contribution in [0.5, 0.6) is 0 Å². The number of hydrogen-bond acceptors (Lipinski definition) is 1. The molecule has 0 heterocycles. The summed E-state index contributed by atoms with van der Waals surface area (Å²) in [5, 5.41) is 5.03. The summed E-state index contributed by atoms with van der Waals surface area (Å²) in [6.07, 6.45) is 2.27. The van der Waals surface area contributed by atoms with Crippen LogP contribution in [0, 0.1) is 5.92 Å². The third-order valence-electron chi connectivity index (χ3n) is 3.12. The van der Waals surface area contributed by atoms with Crippen LogP contribution in [-0.4, -0.2) is 6.54 Å². The zero-order chi connectivity index (χ0) is 12.8. The van der Waals surface area contributed by atoms with Crippen LogP contribution in [-0.2, 0) is 0 Å². The minimum absolute atomic E-state index is 0.293. The van der Waals surface area contributed by atoms with E-state index >= 15 is 0 Å². The van der Waals surface area contributed by atoms with Gasteiger partial charge in [-0.05, 0) is 42.6 Å². The second-order valence-electron chi connectivity index (χ2n) is 4.53. The molecule has 0 spiro atoms. The van der Waals surface area contributed by atoms with Gasteiger partial charge in [-0.25, -0.2) is 0 Å². The van der Waals surface area contributed by atoms with Crippen molar-refractivity contribution in [2.45, 2.75) is 39.7 Å². The molecular formula is C14H21Cl2N. The van der Waals surface area contributed by atoms with Gasteiger partial charge in [0.15, 0.2) is 0 Å². The molecule has 0 aliphatic rings. The summed E-state index contributed by atoms with van der Waals surface area (Å²) in [6.45, 7) is 7.53. The van der Waals surface area contributed by atoms with Crippen molar-refractivity contribution in [1.82, 2.24) is 5.32 Å². The van der Waals surface area contributed by atoms with Gasteiger partial charge >= 0.3 is 0 Å². The number of halogens is 2. The predicted molar refractivity (Wildman–Crippen MR) is 77.0 cm³/mol. The maximum atomic E-state index is 6.25. The van der Waals surface area contributed by atoms with Crippen molar-refractivity contribution in [2.24, 2.45) is 5.92 Å². The SMILES string of the molecule is CCNC(CC(C)CC)c1cc(Cl)ccc1Cl. The maximum Gasteiger partial charge on any atom is 0.0454 e. The van der Waals surface area contributed by atoms with Crippen LogP contribution in [0.1, 0.15) is 45.2 Å². The first-order valence-electron chi connectivity index (χ1n) is 6.26. The Kier molecular flexibility index (Phi) is 6.32. The summed E-state index contributed by atoms with van der Waals surface area (Å²) < 4.78 is 0. The second-order valence-corrected chi connectivity index (χ2v) is 5.37. The molecule has 0 aliphatic carbocycles. The van der Waals surface area contributed by atoms with Gasteiger partial charge in [-0.2, -0.15) is 0 Å². The molecule has 1 aromatic carbocycles. The van der Waals surface area contributed by atoms with Gasteiger partial charge in [-0.15, -0.1) is 0 Å². The quantitative estimate of drug-likeness (QED) is 0.762. The zero-order valence-corrected chi connectivity index (χ0v) is 12.3. The molecule has 0 fully saturated rings. The van der Waals surface area contributed by atoms with Crippen molar-refractivity contribution in [3.63, 3.8) is 0 Å². The fraction of sp³-hybridized carbons (Fsp3) is 0.571. The van der Waals surface area contributed by atoms with Crippen LogP contribution >= 0.6 is 23.2 Å². The molecule has 0 bridgehead atoms. The summed E-state index contributed by atoms with van der Waals surface area (Å²) in [7, 11) is 0. The first kappa shape index (κ1) is 14.8. The van der Waals surface area contributed by atoms with Crippen LogP contribution in [0.3, 0.4) is 0 Å². The second kappa shape index (κ2) is 7.25. The first-order chi connectivity index (χ1) is 8.08. The van der Waals surface area contributed by atoms with Crippen molar-refractivity contribution >= 4 is 23.2 Å². The molecule has 0 saturated heterocycles. The summed E-state index contributed by atoms with van der Waals surface area (Å²) in [6, 6.07) is 5.97. The van der Waals surface area contributed by atoms with Crippen molar-refractivity contribution in [1.29, 1.82) is 0 Å². The van der Waals surface area contributed by atoms with Crippen LogP contribution in [0.2, 0.25) is 10.0 Å². The molecule has 2 unspecified atom stereocenters. The van der Waals surface area contributed by atoms with Gasteiger partial charge in [-0.3, -0.25) is 0 Å². The van der Waals surface area contributed by atoms with E-state index in [0.29, 0.717) is 12.0 Å². The lowest BCUT2D eigenvalue weighted by Crippen LogP contribution is -2.23. The third-order valence-corrected chi connectivity index (χ3v) is 3.70. The fourth-order valence-corrected chi connectivity index (χ4v) is 2.35. The lowest BCUT2D eigenvalue weighted by Gasteiger charge is -2.22. The number of rotatable bonds is 6. The van der Waals surface area contributed by atoms with E-state index in [1.165, 1.54) is 6.42 Å². The molecule has 0 radical (unpaired) electrons. The van der Waals surface area contributed by atoms with Crippen molar-refractivity contribution in [3.8, 4) is 0 Å². The topological polar surface area (TPSA) is 12.0 Å². The molecule has 1 rings (SSSR count). The van der Waals surface area contributed by atoms with Gasteiger partial charge in [0.2, 0.25) is 0 Å². The van der Waals surface area contributed by atoms with E-state index in [4.69, 9.17) is 23.2 Å². The summed E-state index contributed by atoms with van der Waals surface area (Å²) in [5.74, 6) is 0.675. The minimum Gasteiger partial charge on any atom is -0.310 e. The monoisotopic (exact) mass is 273 g/mol. The summed E-state index contributed by atoms with van der Waals surface area (Å²) in [4.78, 5) is 0. The molecule has 0 aromatic heterocycles. The van der Waals surface area contributed by atoms with Crippen LogP contribution in [0.25, 0.3) is 0 Å². The molecule has 1 N–H and O–H groups in total. The molecule has 17 heavy (non-hydrogen) atoms. The average Bonchev–Trinajstić information content (AvgIpc) is 2.31. The standard InChI is InChI=1S/C14H21Cl2N/c1-4-10(3)8-14(17-5-2)12-9-11(15)6-7-13(12)16/h6-7,9-10,14,17H,4-5,8H2,1-3H3. The Labute approximate surface area is 115 Å². The number of hydrogen-bond donors (Lipinski definition) is 1. The van der Waals surface area contributed by atoms with E-state index in [1.54, 1.807) is 0 Å². The van der Waals surface area contributed by atoms with E-state index < -0.39 is 0 Å². The number of benzene rings is 1. The van der Waals surface area contributed by atoms with Gasteiger partial charge in [0.25, 0.3) is 0 Å². The molecular weight excluding hydrogens is 253 g/mol. The van der Waals surface area contributed by atoms with Crippen molar-refractivity contribution in [2.75, 3.05) is 6.54 Å². The van der Waals surface area contributed by atoms with Crippen molar-refractivity contribution in [3.05, 3.63) is 33.8 Å². The first-order valence-corrected chi connectivity index (χ1v) is 7.02. The third kappa shape index (κ3) is 4.50. The van der Waals surface area contributed by atoms with Crippen LogP contribution in [0.4, 0.5) is 0 Å². The maximum absolute atomic E-state index is 6.25. The lowest BCUT2D eigenvalue weighted by atomic mass is 9.94. The van der Waals surface area contributed by atoms with Gasteiger partial charge in [0, 0.05) is 16.1 Å². The molecule has 96 valence electrons. The highest BCUT2D eigenvalue weighted by Gasteiger charge is 2.16. The molecule has 2 atom stereocenters.